The van der Waals surface area contributed by atoms with Gasteiger partial charge in [-0.2, -0.15) is 0 Å². The van der Waals surface area contributed by atoms with E-state index in [2.05, 4.69) is 0 Å². The maximum atomic E-state index is 12.6. The zero-order valence-corrected chi connectivity index (χ0v) is 12.7. The van der Waals surface area contributed by atoms with Gasteiger partial charge in [-0.05, 0) is 19.1 Å². The molecular weight excluding hydrogens is 284 g/mol. The molecule has 1 aliphatic heterocycles. The van der Waals surface area contributed by atoms with Gasteiger partial charge in [0.05, 0.1) is 12.5 Å². The minimum Gasteiger partial charge on any atom is -0.481 e. The van der Waals surface area contributed by atoms with Crippen molar-refractivity contribution in [2.45, 2.75) is 32.4 Å². The molecule has 2 atom stereocenters. The summed E-state index contributed by atoms with van der Waals surface area (Å²) in [7, 11) is 0. The first-order chi connectivity index (χ1) is 10.4. The molecule has 118 valence electrons. The molecule has 0 saturated carbocycles. The summed E-state index contributed by atoms with van der Waals surface area (Å²) in [6, 6.07) is 7.94. The Labute approximate surface area is 129 Å². The van der Waals surface area contributed by atoms with Crippen molar-refractivity contribution in [3.8, 4) is 0 Å². The highest BCUT2D eigenvalue weighted by Crippen LogP contribution is 2.22. The highest BCUT2D eigenvalue weighted by atomic mass is 16.4. The third kappa shape index (κ3) is 3.27. The number of carbonyl (C=O) groups is 3. The molecule has 0 bridgehead atoms. The van der Waals surface area contributed by atoms with E-state index < -0.39 is 12.0 Å². The summed E-state index contributed by atoms with van der Waals surface area (Å²) in [5.41, 5.74) is 0.529. The lowest BCUT2D eigenvalue weighted by molar-refractivity contribution is -0.142. The van der Waals surface area contributed by atoms with Gasteiger partial charge < -0.3 is 14.9 Å². The Bertz CT molecular complexity index is 573. The first kappa shape index (κ1) is 16.0. The predicted octanol–water partition coefficient (Wildman–Crippen LogP) is 1.22. The Hall–Kier alpha value is -2.37. The SMILES string of the molecule is CC(=O)N1CCN(C(=O)c2ccccc2)[C@H](CC(=O)O)[C@@H]1C. The second-order valence-electron chi connectivity index (χ2n) is 5.48. The van der Waals surface area contributed by atoms with Gasteiger partial charge in [-0.25, -0.2) is 0 Å². The van der Waals surface area contributed by atoms with Crippen molar-refractivity contribution in [2.24, 2.45) is 0 Å². The fourth-order valence-corrected chi connectivity index (χ4v) is 2.96. The zero-order valence-electron chi connectivity index (χ0n) is 12.7. The first-order valence-corrected chi connectivity index (χ1v) is 7.27. The van der Waals surface area contributed by atoms with Crippen molar-refractivity contribution in [1.29, 1.82) is 0 Å². The number of carboxylic acids is 1. The van der Waals surface area contributed by atoms with Crippen LogP contribution in [0.3, 0.4) is 0 Å². The van der Waals surface area contributed by atoms with Gasteiger partial charge in [-0.3, -0.25) is 14.4 Å². The van der Waals surface area contributed by atoms with E-state index in [9.17, 15) is 14.4 Å². The lowest BCUT2D eigenvalue weighted by atomic mass is 9.98. The molecule has 2 rings (SSSR count). The van der Waals surface area contributed by atoms with Crippen LogP contribution in [0.1, 0.15) is 30.6 Å². The van der Waals surface area contributed by atoms with Gasteiger partial charge in [0.2, 0.25) is 5.91 Å². The number of piperazine rings is 1. The molecule has 0 spiro atoms. The summed E-state index contributed by atoms with van der Waals surface area (Å²) in [5.74, 6) is -1.27. The minimum absolute atomic E-state index is 0.102. The molecule has 0 aromatic heterocycles. The van der Waals surface area contributed by atoms with Gasteiger partial charge in [-0.1, -0.05) is 18.2 Å². The Kier molecular flexibility index (Phi) is 4.80. The van der Waals surface area contributed by atoms with Crippen LogP contribution in [-0.2, 0) is 9.59 Å². The van der Waals surface area contributed by atoms with Crippen molar-refractivity contribution in [1.82, 2.24) is 9.80 Å². The smallest absolute Gasteiger partial charge is 0.305 e. The second-order valence-corrected chi connectivity index (χ2v) is 5.48. The van der Waals surface area contributed by atoms with E-state index in [0.29, 0.717) is 18.7 Å². The molecule has 0 radical (unpaired) electrons. The molecule has 6 heteroatoms. The number of carbonyl (C=O) groups excluding carboxylic acids is 2. The van der Waals surface area contributed by atoms with E-state index in [1.165, 1.54) is 6.92 Å². The molecule has 22 heavy (non-hydrogen) atoms. The van der Waals surface area contributed by atoms with Crippen LogP contribution in [-0.4, -0.2) is 57.9 Å². The van der Waals surface area contributed by atoms with Gasteiger partial charge in [0.15, 0.2) is 0 Å². The van der Waals surface area contributed by atoms with E-state index in [-0.39, 0.29) is 24.3 Å². The van der Waals surface area contributed by atoms with Crippen LogP contribution in [0.5, 0.6) is 0 Å². The highest BCUT2D eigenvalue weighted by Gasteiger charge is 2.38. The highest BCUT2D eigenvalue weighted by molar-refractivity contribution is 5.95. The summed E-state index contributed by atoms with van der Waals surface area (Å²) in [4.78, 5) is 38.7. The number of benzene rings is 1. The third-order valence-corrected chi connectivity index (χ3v) is 4.10. The monoisotopic (exact) mass is 304 g/mol. The van der Waals surface area contributed by atoms with Crippen LogP contribution < -0.4 is 0 Å². The van der Waals surface area contributed by atoms with Gasteiger partial charge in [0.1, 0.15) is 0 Å². The molecule has 1 aliphatic rings. The summed E-state index contributed by atoms with van der Waals surface area (Å²) in [6.45, 7) is 4.02. The summed E-state index contributed by atoms with van der Waals surface area (Å²) in [6.07, 6.45) is -0.177. The largest absolute Gasteiger partial charge is 0.481 e. The van der Waals surface area contributed by atoms with Gasteiger partial charge in [0.25, 0.3) is 5.91 Å². The maximum absolute atomic E-state index is 12.6. The van der Waals surface area contributed by atoms with Crippen molar-refractivity contribution < 1.29 is 19.5 Å². The van der Waals surface area contributed by atoms with E-state index in [1.807, 2.05) is 6.07 Å². The standard InChI is InChI=1S/C16H20N2O4/c1-11-14(10-15(20)21)18(9-8-17(11)12(2)19)16(22)13-6-4-3-5-7-13/h3-7,11,14H,8-10H2,1-2H3,(H,20,21)/t11-,14+/m0/s1. The van der Waals surface area contributed by atoms with Gasteiger partial charge in [0, 0.05) is 31.6 Å². The molecule has 0 unspecified atom stereocenters. The Balaban J connectivity index is 2.27. The van der Waals surface area contributed by atoms with Crippen molar-refractivity contribution >= 4 is 17.8 Å². The van der Waals surface area contributed by atoms with Crippen molar-refractivity contribution in [2.75, 3.05) is 13.1 Å². The van der Waals surface area contributed by atoms with Crippen LogP contribution in [0.4, 0.5) is 0 Å². The number of rotatable bonds is 3. The van der Waals surface area contributed by atoms with Crippen molar-refractivity contribution in [3.05, 3.63) is 35.9 Å². The summed E-state index contributed by atoms with van der Waals surface area (Å²) < 4.78 is 0. The van der Waals surface area contributed by atoms with Crippen LogP contribution in [0, 0.1) is 0 Å². The van der Waals surface area contributed by atoms with Gasteiger partial charge in [-0.15, -0.1) is 0 Å². The topological polar surface area (TPSA) is 77.9 Å². The Morgan fingerprint density at radius 1 is 1.14 bits per heavy atom. The van der Waals surface area contributed by atoms with E-state index >= 15 is 0 Å². The van der Waals surface area contributed by atoms with Crippen LogP contribution in [0.25, 0.3) is 0 Å². The number of hydrogen-bond acceptors (Lipinski definition) is 3. The molecular formula is C16H20N2O4. The van der Waals surface area contributed by atoms with Crippen LogP contribution in [0.15, 0.2) is 30.3 Å². The van der Waals surface area contributed by atoms with Crippen LogP contribution >= 0.6 is 0 Å². The van der Waals surface area contributed by atoms with E-state index in [0.717, 1.165) is 0 Å². The Morgan fingerprint density at radius 3 is 2.27 bits per heavy atom. The molecule has 1 aromatic carbocycles. The number of carboxylic acid groups (broad SMARTS) is 1. The Morgan fingerprint density at radius 2 is 1.73 bits per heavy atom. The number of hydrogen-bond donors (Lipinski definition) is 1. The third-order valence-electron chi connectivity index (χ3n) is 4.10. The fourth-order valence-electron chi connectivity index (χ4n) is 2.96. The maximum Gasteiger partial charge on any atom is 0.305 e. The molecule has 1 aromatic rings. The fraction of sp³-hybridized carbons (Fsp3) is 0.438. The molecule has 1 N–H and O–H groups in total. The van der Waals surface area contributed by atoms with E-state index in [4.69, 9.17) is 5.11 Å². The molecule has 0 aliphatic carbocycles. The van der Waals surface area contributed by atoms with Gasteiger partial charge >= 0.3 is 5.97 Å². The molecule has 1 saturated heterocycles. The lowest BCUT2D eigenvalue weighted by Gasteiger charge is -2.45. The normalized spacial score (nSPS) is 21.5. The summed E-state index contributed by atoms with van der Waals surface area (Å²) >= 11 is 0. The average molecular weight is 304 g/mol. The molecule has 2 amide bonds. The lowest BCUT2D eigenvalue weighted by Crippen LogP contribution is -2.61. The number of aliphatic carboxylic acids is 1. The number of nitrogens with zero attached hydrogens (tertiary/aromatic N) is 2. The molecule has 1 heterocycles. The second kappa shape index (κ2) is 6.60. The average Bonchev–Trinajstić information content (AvgIpc) is 2.48. The quantitative estimate of drug-likeness (QED) is 0.911. The number of amides is 2. The van der Waals surface area contributed by atoms with Crippen LogP contribution in [0.2, 0.25) is 0 Å². The van der Waals surface area contributed by atoms with E-state index in [1.54, 1.807) is 41.0 Å². The zero-order chi connectivity index (χ0) is 16.3. The minimum atomic E-state index is -0.979. The molecule has 1 fully saturated rings. The predicted molar refractivity (Wildman–Crippen MR) is 80.4 cm³/mol. The molecule has 6 nitrogen and oxygen atoms in total. The summed E-state index contributed by atoms with van der Waals surface area (Å²) in [5, 5.41) is 9.14. The first-order valence-electron chi connectivity index (χ1n) is 7.27. The van der Waals surface area contributed by atoms with Crippen molar-refractivity contribution in [3.63, 3.8) is 0 Å².